The van der Waals surface area contributed by atoms with E-state index in [9.17, 15) is 14.4 Å². The molecule has 1 aromatic heterocycles. The lowest BCUT2D eigenvalue weighted by Gasteiger charge is -2.08. The summed E-state index contributed by atoms with van der Waals surface area (Å²) in [5, 5.41) is 0.782. The lowest BCUT2D eigenvalue weighted by molar-refractivity contribution is -0.144. The number of fused-ring (bicyclic) bond motifs is 1. The normalized spacial score (nSPS) is 10.6. The Morgan fingerprint density at radius 1 is 1.04 bits per heavy atom. The van der Waals surface area contributed by atoms with E-state index in [1.54, 1.807) is 43.3 Å². The Bertz CT molecular complexity index is 1050. The highest BCUT2D eigenvalue weighted by Crippen LogP contribution is 2.22. The number of esters is 1. The molecule has 0 aliphatic rings. The maximum Gasteiger partial charge on any atom is 0.344 e. The van der Waals surface area contributed by atoms with Gasteiger partial charge in [-0.15, -0.1) is 0 Å². The smallest absolute Gasteiger partial charge is 0.344 e. The van der Waals surface area contributed by atoms with Crippen molar-refractivity contribution in [2.75, 3.05) is 13.2 Å². The molecule has 0 unspecified atom stereocenters. The van der Waals surface area contributed by atoms with E-state index < -0.39 is 11.6 Å². The summed E-state index contributed by atoms with van der Waals surface area (Å²) in [5.41, 5.74) is 1.16. The molecular formula is C20H15BrO6. The van der Waals surface area contributed by atoms with E-state index in [-0.39, 0.29) is 19.0 Å². The largest absolute Gasteiger partial charge is 0.482 e. The summed E-state index contributed by atoms with van der Waals surface area (Å²) in [6.07, 6.45) is 0. The fraction of sp³-hybridized carbons (Fsp3) is 0.150. The van der Waals surface area contributed by atoms with Crippen LogP contribution in [0.3, 0.4) is 0 Å². The van der Waals surface area contributed by atoms with Gasteiger partial charge in [0.15, 0.2) is 19.0 Å². The van der Waals surface area contributed by atoms with E-state index in [0.717, 1.165) is 15.4 Å². The molecule has 0 amide bonds. The summed E-state index contributed by atoms with van der Waals surface area (Å²) in [5.74, 6) is -0.627. The SMILES string of the molecule is Cc1cc(=O)oc2cc(OCC(=O)OCC(=O)c3ccc(Br)cc3)ccc12. The van der Waals surface area contributed by atoms with Crippen molar-refractivity contribution in [3.8, 4) is 5.75 Å². The van der Waals surface area contributed by atoms with Crippen molar-refractivity contribution in [3.05, 3.63) is 74.6 Å². The van der Waals surface area contributed by atoms with Crippen LogP contribution in [-0.4, -0.2) is 25.0 Å². The lowest BCUT2D eigenvalue weighted by atomic mass is 10.1. The van der Waals surface area contributed by atoms with Gasteiger partial charge in [-0.1, -0.05) is 28.1 Å². The summed E-state index contributed by atoms with van der Waals surface area (Å²) >= 11 is 3.29. The minimum absolute atomic E-state index is 0.307. The average molecular weight is 431 g/mol. The average Bonchev–Trinajstić information content (AvgIpc) is 2.64. The molecule has 6 nitrogen and oxygen atoms in total. The van der Waals surface area contributed by atoms with Crippen molar-refractivity contribution < 1.29 is 23.5 Å². The molecule has 3 rings (SSSR count). The van der Waals surface area contributed by atoms with E-state index in [4.69, 9.17) is 13.9 Å². The minimum Gasteiger partial charge on any atom is -0.482 e. The van der Waals surface area contributed by atoms with Crippen LogP contribution in [0.15, 0.2) is 62.2 Å². The monoisotopic (exact) mass is 430 g/mol. The molecule has 0 saturated heterocycles. The molecule has 0 fully saturated rings. The van der Waals surface area contributed by atoms with Gasteiger partial charge in [-0.2, -0.15) is 0 Å². The van der Waals surface area contributed by atoms with Gasteiger partial charge in [-0.3, -0.25) is 4.79 Å². The molecule has 2 aromatic carbocycles. The maximum absolute atomic E-state index is 12.0. The second kappa shape index (κ2) is 8.18. The summed E-state index contributed by atoms with van der Waals surface area (Å²) in [7, 11) is 0. The van der Waals surface area contributed by atoms with Crippen LogP contribution in [0.5, 0.6) is 5.75 Å². The molecule has 0 radical (unpaired) electrons. The third-order valence-corrected chi connectivity index (χ3v) is 4.34. The molecular weight excluding hydrogens is 416 g/mol. The Kier molecular flexibility index (Phi) is 5.71. The van der Waals surface area contributed by atoms with Crippen LogP contribution >= 0.6 is 15.9 Å². The molecule has 7 heteroatoms. The quantitative estimate of drug-likeness (QED) is 0.337. The van der Waals surface area contributed by atoms with Crippen LogP contribution in [0.1, 0.15) is 15.9 Å². The molecule has 27 heavy (non-hydrogen) atoms. The van der Waals surface area contributed by atoms with Crippen molar-refractivity contribution >= 4 is 38.7 Å². The predicted octanol–water partition coefficient (Wildman–Crippen LogP) is 3.67. The van der Waals surface area contributed by atoms with E-state index in [1.165, 1.54) is 12.1 Å². The first-order valence-corrected chi connectivity index (χ1v) is 8.83. The lowest BCUT2D eigenvalue weighted by Crippen LogP contribution is -2.19. The molecule has 0 N–H and O–H groups in total. The molecule has 1 heterocycles. The van der Waals surface area contributed by atoms with Crippen molar-refractivity contribution in [1.29, 1.82) is 0 Å². The molecule has 138 valence electrons. The van der Waals surface area contributed by atoms with Gasteiger partial charge in [-0.05, 0) is 36.8 Å². The van der Waals surface area contributed by atoms with E-state index in [0.29, 0.717) is 16.9 Å². The van der Waals surface area contributed by atoms with E-state index >= 15 is 0 Å². The second-order valence-electron chi connectivity index (χ2n) is 5.79. The number of hydrogen-bond acceptors (Lipinski definition) is 6. The number of rotatable bonds is 6. The van der Waals surface area contributed by atoms with Gasteiger partial charge in [0.05, 0.1) is 0 Å². The predicted molar refractivity (Wildman–Crippen MR) is 102 cm³/mol. The van der Waals surface area contributed by atoms with Crippen LogP contribution in [0.2, 0.25) is 0 Å². The highest BCUT2D eigenvalue weighted by Gasteiger charge is 2.11. The fourth-order valence-corrected chi connectivity index (χ4v) is 2.71. The summed E-state index contributed by atoms with van der Waals surface area (Å²) in [4.78, 5) is 35.2. The van der Waals surface area contributed by atoms with Crippen LogP contribution in [-0.2, 0) is 9.53 Å². The fourth-order valence-electron chi connectivity index (χ4n) is 2.44. The van der Waals surface area contributed by atoms with Crippen molar-refractivity contribution in [2.24, 2.45) is 0 Å². The Hall–Kier alpha value is -2.93. The van der Waals surface area contributed by atoms with Gasteiger partial charge < -0.3 is 13.9 Å². The maximum atomic E-state index is 12.0. The molecule has 0 spiro atoms. The first-order valence-electron chi connectivity index (χ1n) is 8.04. The van der Waals surface area contributed by atoms with Crippen molar-refractivity contribution in [2.45, 2.75) is 6.92 Å². The van der Waals surface area contributed by atoms with Gasteiger partial charge in [0.25, 0.3) is 0 Å². The van der Waals surface area contributed by atoms with E-state index in [2.05, 4.69) is 15.9 Å². The second-order valence-corrected chi connectivity index (χ2v) is 6.70. The van der Waals surface area contributed by atoms with Crippen molar-refractivity contribution in [1.82, 2.24) is 0 Å². The van der Waals surface area contributed by atoms with Gasteiger partial charge in [0.1, 0.15) is 11.3 Å². The third kappa shape index (κ3) is 4.83. The number of ketones is 1. The molecule has 3 aromatic rings. The Balaban J connectivity index is 1.56. The Morgan fingerprint density at radius 2 is 1.78 bits per heavy atom. The first-order chi connectivity index (χ1) is 12.9. The number of carbonyl (C=O) groups is 2. The number of ether oxygens (including phenoxy) is 2. The van der Waals surface area contributed by atoms with E-state index in [1.807, 2.05) is 0 Å². The third-order valence-electron chi connectivity index (χ3n) is 3.81. The highest BCUT2D eigenvalue weighted by molar-refractivity contribution is 9.10. The topological polar surface area (TPSA) is 82.8 Å². The summed E-state index contributed by atoms with van der Waals surface area (Å²) in [6, 6.07) is 13.1. The number of halogens is 1. The summed E-state index contributed by atoms with van der Waals surface area (Å²) < 4.78 is 16.3. The van der Waals surface area contributed by atoms with Crippen molar-refractivity contribution in [3.63, 3.8) is 0 Å². The Morgan fingerprint density at radius 3 is 2.52 bits per heavy atom. The highest BCUT2D eigenvalue weighted by atomic mass is 79.9. The number of carbonyl (C=O) groups excluding carboxylic acids is 2. The molecule has 0 saturated carbocycles. The van der Waals surface area contributed by atoms with Crippen LogP contribution in [0, 0.1) is 6.92 Å². The standard InChI is InChI=1S/C20H15BrO6/c1-12-8-19(23)27-18-9-15(6-7-16(12)18)25-11-20(24)26-10-17(22)13-2-4-14(21)5-3-13/h2-9H,10-11H2,1H3. The number of aryl methyl sites for hydroxylation is 1. The zero-order valence-electron chi connectivity index (χ0n) is 14.4. The molecule has 0 aliphatic heterocycles. The molecule has 0 atom stereocenters. The number of hydrogen-bond donors (Lipinski definition) is 0. The van der Waals surface area contributed by atoms with Crippen LogP contribution in [0.4, 0.5) is 0 Å². The van der Waals surface area contributed by atoms with Gasteiger partial charge in [0, 0.05) is 27.6 Å². The number of Topliss-reactive ketones (excluding diaryl/α,β-unsaturated/α-hetero) is 1. The minimum atomic E-state index is -0.675. The van der Waals surface area contributed by atoms with Gasteiger partial charge in [0.2, 0.25) is 0 Å². The Labute approximate surface area is 162 Å². The number of benzene rings is 2. The summed E-state index contributed by atoms with van der Waals surface area (Å²) in [6.45, 7) is 1.07. The van der Waals surface area contributed by atoms with Crippen LogP contribution < -0.4 is 10.4 Å². The van der Waals surface area contributed by atoms with Gasteiger partial charge in [-0.25, -0.2) is 9.59 Å². The molecule has 0 aliphatic carbocycles. The molecule has 0 bridgehead atoms. The first kappa shape index (κ1) is 18.8. The van der Waals surface area contributed by atoms with Gasteiger partial charge >= 0.3 is 11.6 Å². The zero-order chi connectivity index (χ0) is 19.4. The zero-order valence-corrected chi connectivity index (χ0v) is 15.9. The van der Waals surface area contributed by atoms with Crippen LogP contribution in [0.25, 0.3) is 11.0 Å².